The lowest BCUT2D eigenvalue weighted by Gasteiger charge is -2.43. The van der Waals surface area contributed by atoms with Gasteiger partial charge in [-0.15, -0.1) is 0 Å². The molecule has 1 fully saturated rings. The highest BCUT2D eigenvalue weighted by molar-refractivity contribution is 7.90. The molecule has 3 heterocycles. The summed E-state index contributed by atoms with van der Waals surface area (Å²) in [6.45, 7) is 1.78. The lowest BCUT2D eigenvalue weighted by atomic mass is 9.83. The first-order chi connectivity index (χ1) is 12.4. The first kappa shape index (κ1) is 17.2. The fourth-order valence-electron chi connectivity index (χ4n) is 3.83. The average Bonchev–Trinajstić information content (AvgIpc) is 3.12. The number of carbonyl (C=O) groups excluding carboxylic acids is 1. The lowest BCUT2D eigenvalue weighted by Crippen LogP contribution is -2.48. The van der Waals surface area contributed by atoms with Crippen LogP contribution >= 0.6 is 0 Å². The van der Waals surface area contributed by atoms with Crippen molar-refractivity contribution >= 4 is 15.7 Å². The summed E-state index contributed by atoms with van der Waals surface area (Å²) in [7, 11) is -3.34. The molecule has 2 aliphatic heterocycles. The van der Waals surface area contributed by atoms with Gasteiger partial charge in [0.25, 0.3) is 5.91 Å². The summed E-state index contributed by atoms with van der Waals surface area (Å²) < 4.78 is 29.6. The number of H-pyrrole nitrogens is 1. The molecule has 1 N–H and O–H groups in total. The first-order valence-corrected chi connectivity index (χ1v) is 10.5. The van der Waals surface area contributed by atoms with Gasteiger partial charge >= 0.3 is 0 Å². The fourth-order valence-corrected chi connectivity index (χ4v) is 4.50. The minimum absolute atomic E-state index is 0.147. The van der Waals surface area contributed by atoms with E-state index in [1.54, 1.807) is 17.0 Å². The highest BCUT2D eigenvalue weighted by Crippen LogP contribution is 2.40. The van der Waals surface area contributed by atoms with Crippen LogP contribution in [0.4, 0.5) is 0 Å². The molecule has 1 amide bonds. The molecule has 0 bridgehead atoms. The SMILES string of the molecule is CS(=O)(=O)c1cccc(C(=O)N2CCC3(CC2)OCCc2cn[nH]c23)c1. The number of aromatic nitrogens is 2. The zero-order valence-electron chi connectivity index (χ0n) is 14.6. The smallest absolute Gasteiger partial charge is 0.253 e. The van der Waals surface area contributed by atoms with E-state index in [-0.39, 0.29) is 10.8 Å². The minimum Gasteiger partial charge on any atom is -0.368 e. The van der Waals surface area contributed by atoms with Crippen molar-refractivity contribution < 1.29 is 17.9 Å². The number of ether oxygens (including phenoxy) is 1. The maximum absolute atomic E-state index is 12.8. The number of amides is 1. The molecule has 0 aliphatic carbocycles. The largest absolute Gasteiger partial charge is 0.368 e. The van der Waals surface area contributed by atoms with Crippen LogP contribution in [0.1, 0.15) is 34.5 Å². The van der Waals surface area contributed by atoms with Crippen molar-refractivity contribution in [3.8, 4) is 0 Å². The average molecular weight is 375 g/mol. The third-order valence-electron chi connectivity index (χ3n) is 5.29. The monoisotopic (exact) mass is 375 g/mol. The van der Waals surface area contributed by atoms with Crippen LogP contribution < -0.4 is 0 Å². The Morgan fingerprint density at radius 2 is 2.08 bits per heavy atom. The second kappa shape index (κ2) is 6.21. The summed E-state index contributed by atoms with van der Waals surface area (Å²) in [6.07, 6.45) is 5.24. The lowest BCUT2D eigenvalue weighted by molar-refractivity contribution is -0.0962. The molecule has 0 unspecified atom stereocenters. The molecule has 0 radical (unpaired) electrons. The number of sulfone groups is 1. The van der Waals surface area contributed by atoms with Gasteiger partial charge in [0, 0.05) is 24.9 Å². The van der Waals surface area contributed by atoms with Crippen LogP contribution in [0.2, 0.25) is 0 Å². The number of rotatable bonds is 2. The van der Waals surface area contributed by atoms with Gasteiger partial charge in [-0.1, -0.05) is 6.07 Å². The molecular formula is C18H21N3O4S. The summed E-state index contributed by atoms with van der Waals surface area (Å²) in [5.74, 6) is -0.147. The van der Waals surface area contributed by atoms with E-state index in [1.807, 2.05) is 6.20 Å². The molecule has 8 heteroatoms. The third-order valence-corrected chi connectivity index (χ3v) is 6.40. The Balaban J connectivity index is 1.52. The Hall–Kier alpha value is -2.19. The molecule has 1 aromatic carbocycles. The van der Waals surface area contributed by atoms with Crippen LogP contribution in [0.25, 0.3) is 0 Å². The molecule has 1 aromatic heterocycles. The number of carbonyl (C=O) groups is 1. The predicted octanol–water partition coefficient (Wildman–Crippen LogP) is 1.52. The van der Waals surface area contributed by atoms with Crippen LogP contribution in [0.15, 0.2) is 35.4 Å². The molecule has 26 heavy (non-hydrogen) atoms. The van der Waals surface area contributed by atoms with Gasteiger partial charge in [0.05, 0.1) is 23.4 Å². The second-order valence-electron chi connectivity index (χ2n) is 6.96. The zero-order valence-corrected chi connectivity index (χ0v) is 15.4. The molecule has 1 spiro atoms. The number of nitrogens with one attached hydrogen (secondary N) is 1. The fraction of sp³-hybridized carbons (Fsp3) is 0.444. The second-order valence-corrected chi connectivity index (χ2v) is 8.97. The van der Waals surface area contributed by atoms with Crippen molar-refractivity contribution in [2.75, 3.05) is 26.0 Å². The molecule has 7 nitrogen and oxygen atoms in total. The topological polar surface area (TPSA) is 92.4 Å². The Morgan fingerprint density at radius 1 is 1.31 bits per heavy atom. The Labute approximate surface area is 152 Å². The van der Waals surface area contributed by atoms with E-state index < -0.39 is 15.4 Å². The van der Waals surface area contributed by atoms with Gasteiger partial charge in [0.2, 0.25) is 0 Å². The van der Waals surface area contributed by atoms with Gasteiger partial charge in [-0.25, -0.2) is 8.42 Å². The van der Waals surface area contributed by atoms with Gasteiger partial charge in [-0.3, -0.25) is 9.89 Å². The molecule has 0 saturated carbocycles. The first-order valence-electron chi connectivity index (χ1n) is 8.65. The molecule has 2 aliphatic rings. The van der Waals surface area contributed by atoms with Crippen molar-refractivity contribution in [3.05, 3.63) is 47.3 Å². The molecule has 138 valence electrons. The van der Waals surface area contributed by atoms with Gasteiger partial charge in [0.15, 0.2) is 9.84 Å². The van der Waals surface area contributed by atoms with Gasteiger partial charge < -0.3 is 9.64 Å². The standard InChI is InChI=1S/C18H21N3O4S/c1-26(23,24)15-4-2-3-13(11-15)17(22)21-8-6-18(7-9-21)16-14(5-10-25-18)12-19-20-16/h2-4,11-12H,5-10H2,1H3,(H,19,20). The minimum atomic E-state index is -3.34. The van der Waals surface area contributed by atoms with Crippen molar-refractivity contribution in [3.63, 3.8) is 0 Å². The number of likely N-dealkylation sites (tertiary alicyclic amines) is 1. The van der Waals surface area contributed by atoms with Crippen LogP contribution in [-0.4, -0.2) is 55.4 Å². The van der Waals surface area contributed by atoms with Gasteiger partial charge in [0.1, 0.15) is 5.60 Å². The summed E-state index contributed by atoms with van der Waals surface area (Å²) in [6, 6.07) is 6.22. The van der Waals surface area contributed by atoms with E-state index in [9.17, 15) is 13.2 Å². The van der Waals surface area contributed by atoms with Crippen LogP contribution in [0.3, 0.4) is 0 Å². The van der Waals surface area contributed by atoms with Gasteiger partial charge in [-0.2, -0.15) is 5.10 Å². The molecule has 4 rings (SSSR count). The molecule has 2 aromatic rings. The van der Waals surface area contributed by atoms with Crippen LogP contribution in [0, 0.1) is 0 Å². The van der Waals surface area contributed by atoms with Gasteiger partial charge in [-0.05, 0) is 43.0 Å². The van der Waals surface area contributed by atoms with Crippen LogP contribution in [0.5, 0.6) is 0 Å². The maximum Gasteiger partial charge on any atom is 0.253 e. The van der Waals surface area contributed by atoms with E-state index >= 15 is 0 Å². The summed E-state index contributed by atoms with van der Waals surface area (Å²) in [4.78, 5) is 14.7. The molecule has 0 atom stereocenters. The van der Waals surface area contributed by atoms with Crippen molar-refractivity contribution in [1.29, 1.82) is 0 Å². The number of piperidine rings is 1. The highest BCUT2D eigenvalue weighted by Gasteiger charge is 2.43. The molecular weight excluding hydrogens is 354 g/mol. The van der Waals surface area contributed by atoms with E-state index in [2.05, 4.69) is 10.2 Å². The van der Waals surface area contributed by atoms with Crippen molar-refractivity contribution in [1.82, 2.24) is 15.1 Å². The number of nitrogens with zero attached hydrogens (tertiary/aromatic N) is 2. The van der Waals surface area contributed by atoms with E-state index in [0.29, 0.717) is 38.1 Å². The molecule has 1 saturated heterocycles. The quantitative estimate of drug-likeness (QED) is 0.859. The Morgan fingerprint density at radius 3 is 2.81 bits per heavy atom. The van der Waals surface area contributed by atoms with Crippen molar-refractivity contribution in [2.45, 2.75) is 29.8 Å². The summed E-state index contributed by atoms with van der Waals surface area (Å²) in [5, 5.41) is 7.22. The normalized spacial score (nSPS) is 19.3. The van der Waals surface area contributed by atoms with Crippen molar-refractivity contribution in [2.24, 2.45) is 0 Å². The number of fused-ring (bicyclic) bond motifs is 2. The number of benzene rings is 1. The Bertz CT molecular complexity index is 943. The van der Waals surface area contributed by atoms with E-state index in [4.69, 9.17) is 4.74 Å². The number of hydrogen-bond acceptors (Lipinski definition) is 5. The summed E-state index contributed by atoms with van der Waals surface area (Å²) >= 11 is 0. The maximum atomic E-state index is 12.8. The van der Waals surface area contributed by atoms with E-state index in [0.717, 1.165) is 18.4 Å². The number of aromatic amines is 1. The number of hydrogen-bond donors (Lipinski definition) is 1. The third kappa shape index (κ3) is 2.93. The highest BCUT2D eigenvalue weighted by atomic mass is 32.2. The Kier molecular flexibility index (Phi) is 4.11. The van der Waals surface area contributed by atoms with Crippen LogP contribution in [-0.2, 0) is 26.6 Å². The zero-order chi connectivity index (χ0) is 18.4. The van der Waals surface area contributed by atoms with E-state index in [1.165, 1.54) is 17.7 Å². The summed E-state index contributed by atoms with van der Waals surface area (Å²) in [5.41, 5.74) is 2.23. The predicted molar refractivity (Wildman–Crippen MR) is 94.6 cm³/mol.